The van der Waals surface area contributed by atoms with Crippen molar-refractivity contribution >= 4 is 17.5 Å². The van der Waals surface area contributed by atoms with E-state index in [1.807, 2.05) is 0 Å². The zero-order chi connectivity index (χ0) is 17.6. The summed E-state index contributed by atoms with van der Waals surface area (Å²) < 4.78 is 5.14. The number of likely N-dealkylation sites (tertiary alicyclic amines) is 1. The number of hydrogen-bond acceptors (Lipinski definition) is 4. The van der Waals surface area contributed by atoms with Crippen LogP contribution in [0.5, 0.6) is 0 Å². The Bertz CT molecular complexity index is 555. The summed E-state index contributed by atoms with van der Waals surface area (Å²) in [6.45, 7) is 4.90. The summed E-state index contributed by atoms with van der Waals surface area (Å²) in [6.07, 6.45) is 2.46. The van der Waals surface area contributed by atoms with Crippen LogP contribution in [0.3, 0.4) is 0 Å². The van der Waals surface area contributed by atoms with Crippen LogP contribution >= 0.6 is 11.6 Å². The topological polar surface area (TPSA) is 61.8 Å². The van der Waals surface area contributed by atoms with E-state index in [4.69, 9.17) is 16.3 Å². The van der Waals surface area contributed by atoms with Crippen molar-refractivity contribution in [1.82, 2.24) is 10.2 Å². The van der Waals surface area contributed by atoms with Crippen LogP contribution < -0.4 is 5.32 Å². The number of methoxy groups -OCH3 is 1. The number of nitrogens with one attached hydrogen (secondary N) is 1. The van der Waals surface area contributed by atoms with Crippen molar-refractivity contribution < 1.29 is 14.6 Å². The maximum absolute atomic E-state index is 12.6. The van der Waals surface area contributed by atoms with E-state index in [-0.39, 0.29) is 12.3 Å². The van der Waals surface area contributed by atoms with E-state index >= 15 is 0 Å². The fourth-order valence-electron chi connectivity index (χ4n) is 3.23. The molecule has 24 heavy (non-hydrogen) atoms. The van der Waals surface area contributed by atoms with Crippen molar-refractivity contribution in [3.63, 3.8) is 0 Å². The summed E-state index contributed by atoms with van der Waals surface area (Å²) in [5.41, 5.74) is -1.03. The third kappa shape index (κ3) is 4.48. The van der Waals surface area contributed by atoms with Crippen LogP contribution in [-0.4, -0.2) is 55.3 Å². The van der Waals surface area contributed by atoms with Gasteiger partial charge in [-0.25, -0.2) is 0 Å². The number of hydrogen-bond donors (Lipinski definition) is 2. The van der Waals surface area contributed by atoms with Crippen molar-refractivity contribution in [2.24, 2.45) is 0 Å². The van der Waals surface area contributed by atoms with Crippen molar-refractivity contribution in [3.05, 3.63) is 34.9 Å². The second-order valence-electron chi connectivity index (χ2n) is 6.26. The summed E-state index contributed by atoms with van der Waals surface area (Å²) in [7, 11) is 1.69. The van der Waals surface area contributed by atoms with E-state index in [1.54, 1.807) is 38.3 Å². The van der Waals surface area contributed by atoms with Gasteiger partial charge in [-0.15, -0.1) is 0 Å². The molecular weight excluding hydrogens is 328 g/mol. The number of benzene rings is 1. The Labute approximate surface area is 148 Å². The van der Waals surface area contributed by atoms with Gasteiger partial charge in [0.05, 0.1) is 6.61 Å². The van der Waals surface area contributed by atoms with E-state index in [1.165, 1.54) is 0 Å². The highest BCUT2D eigenvalue weighted by atomic mass is 35.5. The Morgan fingerprint density at radius 2 is 2.33 bits per heavy atom. The summed E-state index contributed by atoms with van der Waals surface area (Å²) in [5, 5.41) is 14.3. The molecule has 2 atom stereocenters. The van der Waals surface area contributed by atoms with Gasteiger partial charge in [0.15, 0.2) is 5.60 Å². The molecule has 1 saturated heterocycles. The number of aliphatic hydroxyl groups is 1. The first-order valence-corrected chi connectivity index (χ1v) is 8.88. The van der Waals surface area contributed by atoms with Crippen molar-refractivity contribution in [1.29, 1.82) is 0 Å². The number of nitrogens with zero attached hydrogens (tertiary/aromatic N) is 1. The van der Waals surface area contributed by atoms with Gasteiger partial charge in [0.2, 0.25) is 0 Å². The zero-order valence-corrected chi connectivity index (χ0v) is 15.2. The number of rotatable bonds is 8. The van der Waals surface area contributed by atoms with Gasteiger partial charge in [-0.1, -0.05) is 30.7 Å². The lowest BCUT2D eigenvalue weighted by molar-refractivity contribution is -0.141. The normalized spacial score (nSPS) is 20.8. The molecule has 1 aromatic rings. The van der Waals surface area contributed by atoms with E-state index < -0.39 is 5.60 Å². The highest BCUT2D eigenvalue weighted by Gasteiger charge is 2.37. The molecular formula is C18H27ClN2O3. The van der Waals surface area contributed by atoms with Crippen LogP contribution in [0.15, 0.2) is 24.3 Å². The second-order valence-corrected chi connectivity index (χ2v) is 6.70. The van der Waals surface area contributed by atoms with Gasteiger partial charge in [0.1, 0.15) is 0 Å². The minimum Gasteiger partial charge on any atom is -0.383 e. The van der Waals surface area contributed by atoms with E-state index in [0.717, 1.165) is 25.9 Å². The van der Waals surface area contributed by atoms with Crippen molar-refractivity contribution in [3.8, 4) is 0 Å². The van der Waals surface area contributed by atoms with Gasteiger partial charge in [-0.3, -0.25) is 9.69 Å². The molecule has 134 valence electrons. The molecule has 2 N–H and O–H groups in total. The molecule has 2 rings (SSSR count). The van der Waals surface area contributed by atoms with Gasteiger partial charge in [-0.2, -0.15) is 0 Å². The number of carbonyl (C=O) groups excluding carboxylic acids is 1. The fourth-order valence-corrected chi connectivity index (χ4v) is 3.42. The molecule has 5 nitrogen and oxygen atoms in total. The first-order chi connectivity index (χ1) is 11.5. The standard InChI is InChI=1S/C18H27ClN2O3/c1-3-18(23,14-6-4-7-15(19)12-14)17(22)20-13-16-8-5-9-21(16)10-11-24-2/h4,6-7,12,16,23H,3,5,8-11,13H2,1-2H3,(H,20,22)/t16-,18-/m0/s1. The Kier molecular flexibility index (Phi) is 7.04. The molecule has 1 aliphatic heterocycles. The number of amides is 1. The Morgan fingerprint density at radius 3 is 3.00 bits per heavy atom. The molecule has 0 aliphatic carbocycles. The SMILES string of the molecule is CC[C@@](O)(C(=O)NC[C@@H]1CCCN1CCOC)c1cccc(Cl)c1. The molecule has 0 unspecified atom stereocenters. The fraction of sp³-hybridized carbons (Fsp3) is 0.611. The van der Waals surface area contributed by atoms with Crippen molar-refractivity contribution in [2.45, 2.75) is 37.8 Å². The van der Waals surface area contributed by atoms with Gasteiger partial charge in [0.25, 0.3) is 5.91 Å². The van der Waals surface area contributed by atoms with Crippen LogP contribution in [0.25, 0.3) is 0 Å². The number of halogens is 1. The van der Waals surface area contributed by atoms with Crippen LogP contribution in [0.1, 0.15) is 31.7 Å². The molecule has 1 amide bonds. The molecule has 6 heteroatoms. The second kappa shape index (κ2) is 8.81. The minimum atomic E-state index is -1.55. The lowest BCUT2D eigenvalue weighted by Crippen LogP contribution is -2.48. The van der Waals surface area contributed by atoms with Gasteiger partial charge < -0.3 is 15.2 Å². The third-order valence-electron chi connectivity index (χ3n) is 4.77. The monoisotopic (exact) mass is 354 g/mol. The van der Waals surface area contributed by atoms with E-state index in [2.05, 4.69) is 10.2 Å². The van der Waals surface area contributed by atoms with E-state index in [9.17, 15) is 9.90 Å². The average molecular weight is 355 g/mol. The predicted octanol–water partition coefficient (Wildman–Crippen LogP) is 2.16. The highest BCUT2D eigenvalue weighted by molar-refractivity contribution is 6.30. The van der Waals surface area contributed by atoms with Crippen LogP contribution in [0, 0.1) is 0 Å². The lowest BCUT2D eigenvalue weighted by atomic mass is 9.90. The smallest absolute Gasteiger partial charge is 0.256 e. The summed E-state index contributed by atoms with van der Waals surface area (Å²) in [5.74, 6) is -0.370. The molecule has 1 aliphatic rings. The maximum atomic E-state index is 12.6. The molecule has 1 fully saturated rings. The molecule has 0 spiro atoms. The third-order valence-corrected chi connectivity index (χ3v) is 5.00. The summed E-state index contributed by atoms with van der Waals surface area (Å²) in [4.78, 5) is 15.0. The first kappa shape index (κ1) is 19.2. The van der Waals surface area contributed by atoms with Gasteiger partial charge >= 0.3 is 0 Å². The molecule has 0 radical (unpaired) electrons. The lowest BCUT2D eigenvalue weighted by Gasteiger charge is -2.29. The Morgan fingerprint density at radius 1 is 1.54 bits per heavy atom. The molecule has 0 bridgehead atoms. The Balaban J connectivity index is 1.99. The maximum Gasteiger partial charge on any atom is 0.256 e. The quantitative estimate of drug-likeness (QED) is 0.751. The van der Waals surface area contributed by atoms with Crippen LogP contribution in [-0.2, 0) is 15.1 Å². The largest absolute Gasteiger partial charge is 0.383 e. The van der Waals surface area contributed by atoms with Gasteiger partial charge in [-0.05, 0) is 43.5 Å². The Hall–Kier alpha value is -1.14. The van der Waals surface area contributed by atoms with E-state index in [0.29, 0.717) is 29.8 Å². The summed E-state index contributed by atoms with van der Waals surface area (Å²) >= 11 is 6.00. The summed E-state index contributed by atoms with van der Waals surface area (Å²) in [6, 6.07) is 7.14. The average Bonchev–Trinajstić information content (AvgIpc) is 3.04. The van der Waals surface area contributed by atoms with Crippen LogP contribution in [0.2, 0.25) is 5.02 Å². The predicted molar refractivity (Wildman–Crippen MR) is 95.1 cm³/mol. The number of carbonyl (C=O) groups is 1. The highest BCUT2D eigenvalue weighted by Crippen LogP contribution is 2.27. The zero-order valence-electron chi connectivity index (χ0n) is 14.4. The molecule has 0 saturated carbocycles. The van der Waals surface area contributed by atoms with Crippen LogP contribution in [0.4, 0.5) is 0 Å². The molecule has 1 aromatic carbocycles. The van der Waals surface area contributed by atoms with Gasteiger partial charge in [0, 0.05) is 31.3 Å². The number of ether oxygens (including phenoxy) is 1. The molecule has 1 heterocycles. The first-order valence-electron chi connectivity index (χ1n) is 8.51. The molecule has 0 aromatic heterocycles. The minimum absolute atomic E-state index is 0.289. The van der Waals surface area contributed by atoms with Crippen molar-refractivity contribution in [2.75, 3.05) is 33.4 Å².